The summed E-state index contributed by atoms with van der Waals surface area (Å²) in [6, 6.07) is 6.20. The molecule has 3 aromatic rings. The molecular weight excluding hydrogens is 530 g/mol. The number of fused-ring (bicyclic) bond motifs is 2. The lowest BCUT2D eigenvalue weighted by atomic mass is 9.84. The molecule has 2 heterocycles. The fourth-order valence-electron chi connectivity index (χ4n) is 5.78. The summed E-state index contributed by atoms with van der Waals surface area (Å²) in [6.07, 6.45) is -3.39. The summed E-state index contributed by atoms with van der Waals surface area (Å²) in [5.41, 5.74) is 3.54. The molecular formula is C30H27F4NO5. The number of nitrogens with zero attached hydrogens (tertiary/aromatic N) is 1. The number of ether oxygens (including phenoxy) is 2. The molecule has 0 spiro atoms. The first kappa shape index (κ1) is 27.5. The summed E-state index contributed by atoms with van der Waals surface area (Å²) in [7, 11) is 1.12. The van der Waals surface area contributed by atoms with Crippen LogP contribution in [0, 0.1) is 19.7 Å². The number of carbonyl (C=O) groups is 2. The number of carboxylic acid groups (broad SMARTS) is 1. The largest absolute Gasteiger partial charge is 0.496 e. The van der Waals surface area contributed by atoms with Crippen molar-refractivity contribution >= 4 is 17.6 Å². The normalized spacial score (nSPS) is 14.4. The van der Waals surface area contributed by atoms with Crippen molar-refractivity contribution in [3.8, 4) is 22.6 Å². The van der Waals surface area contributed by atoms with Crippen LogP contribution in [0.5, 0.6) is 11.5 Å². The van der Waals surface area contributed by atoms with Crippen molar-refractivity contribution in [2.45, 2.75) is 45.7 Å². The number of hydrogen-bond donors (Lipinski definition) is 1. The fraction of sp³-hybridized carbons (Fsp3) is 0.333. The van der Waals surface area contributed by atoms with Gasteiger partial charge in [0.2, 0.25) is 0 Å². The van der Waals surface area contributed by atoms with E-state index in [1.807, 2.05) is 6.92 Å². The molecule has 3 aromatic carbocycles. The van der Waals surface area contributed by atoms with Crippen LogP contribution in [-0.4, -0.2) is 37.2 Å². The van der Waals surface area contributed by atoms with Gasteiger partial charge in [-0.05, 0) is 96.8 Å². The molecule has 1 N–H and O–H groups in total. The van der Waals surface area contributed by atoms with Gasteiger partial charge in [0.05, 0.1) is 25.7 Å². The number of methoxy groups -OCH3 is 1. The summed E-state index contributed by atoms with van der Waals surface area (Å²) in [6.45, 7) is 4.13. The third-order valence-electron chi connectivity index (χ3n) is 7.65. The highest BCUT2D eigenvalue weighted by Crippen LogP contribution is 2.46. The highest BCUT2D eigenvalue weighted by atomic mass is 19.4. The van der Waals surface area contributed by atoms with Crippen molar-refractivity contribution in [3.05, 3.63) is 75.1 Å². The van der Waals surface area contributed by atoms with Gasteiger partial charge in [0.25, 0.3) is 5.91 Å². The van der Waals surface area contributed by atoms with Crippen LogP contribution in [0.1, 0.15) is 50.2 Å². The summed E-state index contributed by atoms with van der Waals surface area (Å²) in [5, 5.41) is 9.69. The molecule has 5 rings (SSSR count). The summed E-state index contributed by atoms with van der Waals surface area (Å²) in [5.74, 6) is -2.43. The third kappa shape index (κ3) is 4.65. The van der Waals surface area contributed by atoms with Crippen molar-refractivity contribution in [1.29, 1.82) is 0 Å². The SMILES string of the molecule is COc1ccc(C(=O)N2CCc3c2cc(C)c(CC(=O)O)c3-c2cc(F)c3c(c2C)CCCO3)cc1C(F)(F)F. The lowest BCUT2D eigenvalue weighted by molar-refractivity contribution is -0.139. The Kier molecular flexibility index (Phi) is 6.97. The molecule has 0 saturated heterocycles. The Morgan fingerprint density at radius 3 is 2.52 bits per heavy atom. The number of aryl methyl sites for hydroxylation is 1. The summed E-state index contributed by atoms with van der Waals surface area (Å²) in [4.78, 5) is 26.8. The number of amides is 1. The summed E-state index contributed by atoms with van der Waals surface area (Å²) >= 11 is 0. The van der Waals surface area contributed by atoms with Crippen molar-refractivity contribution in [1.82, 2.24) is 0 Å². The van der Waals surface area contributed by atoms with Crippen molar-refractivity contribution in [3.63, 3.8) is 0 Å². The van der Waals surface area contributed by atoms with Crippen molar-refractivity contribution in [2.75, 3.05) is 25.2 Å². The second-order valence-electron chi connectivity index (χ2n) is 10.0. The Hall–Kier alpha value is -4.08. The Morgan fingerprint density at radius 2 is 1.85 bits per heavy atom. The van der Waals surface area contributed by atoms with E-state index >= 15 is 4.39 Å². The number of rotatable bonds is 5. The average molecular weight is 558 g/mol. The van der Waals surface area contributed by atoms with E-state index in [-0.39, 0.29) is 24.3 Å². The lowest BCUT2D eigenvalue weighted by Crippen LogP contribution is -2.29. The molecule has 210 valence electrons. The van der Waals surface area contributed by atoms with Gasteiger partial charge in [0.15, 0.2) is 11.6 Å². The highest BCUT2D eigenvalue weighted by molar-refractivity contribution is 6.08. The zero-order chi connectivity index (χ0) is 28.9. The van der Waals surface area contributed by atoms with Gasteiger partial charge in [0, 0.05) is 23.4 Å². The predicted octanol–water partition coefficient (Wildman–Crippen LogP) is 6.29. The number of hydrogen-bond acceptors (Lipinski definition) is 4. The molecule has 0 aliphatic carbocycles. The average Bonchev–Trinajstić information content (AvgIpc) is 3.33. The number of carboxylic acids is 1. The quantitative estimate of drug-likeness (QED) is 0.373. The highest BCUT2D eigenvalue weighted by Gasteiger charge is 2.37. The molecule has 6 nitrogen and oxygen atoms in total. The van der Waals surface area contributed by atoms with Gasteiger partial charge in [-0.3, -0.25) is 9.59 Å². The second-order valence-corrected chi connectivity index (χ2v) is 10.0. The topological polar surface area (TPSA) is 76.1 Å². The van der Waals surface area contributed by atoms with Gasteiger partial charge >= 0.3 is 12.1 Å². The van der Waals surface area contributed by atoms with Crippen LogP contribution in [0.15, 0.2) is 30.3 Å². The molecule has 2 aliphatic rings. The Labute approximate surface area is 228 Å². The molecule has 0 atom stereocenters. The molecule has 2 aliphatic heterocycles. The van der Waals surface area contributed by atoms with Gasteiger partial charge in [-0.15, -0.1) is 0 Å². The smallest absolute Gasteiger partial charge is 0.419 e. The number of aliphatic carboxylic acids is 1. The minimum absolute atomic E-state index is 0.164. The number of halogens is 4. The third-order valence-corrected chi connectivity index (χ3v) is 7.65. The van der Waals surface area contributed by atoms with E-state index in [0.717, 1.165) is 30.4 Å². The Morgan fingerprint density at radius 1 is 1.10 bits per heavy atom. The number of benzene rings is 3. The van der Waals surface area contributed by atoms with Crippen LogP contribution >= 0.6 is 0 Å². The standard InChI is InChI=1S/C30H27F4NO5/c1-15-11-24-19(8-9-35(24)29(38)17-6-7-25(39-3)22(12-17)30(32,33)34)27(20(15)14-26(36)37)21-13-23(31)28-18(16(21)2)5-4-10-40-28/h6-7,11-13H,4-5,8-10,14H2,1-3H3,(H,36,37). The summed E-state index contributed by atoms with van der Waals surface area (Å²) < 4.78 is 66.6. The van der Waals surface area contributed by atoms with E-state index in [4.69, 9.17) is 9.47 Å². The van der Waals surface area contributed by atoms with E-state index in [9.17, 15) is 27.9 Å². The van der Waals surface area contributed by atoms with Crippen LogP contribution in [-0.2, 0) is 30.2 Å². The van der Waals surface area contributed by atoms with Crippen LogP contribution < -0.4 is 14.4 Å². The molecule has 0 saturated carbocycles. The number of alkyl halides is 3. The maximum absolute atomic E-state index is 15.3. The van der Waals surface area contributed by atoms with E-state index in [2.05, 4.69) is 0 Å². The first-order valence-electron chi connectivity index (χ1n) is 12.8. The van der Waals surface area contributed by atoms with Gasteiger partial charge in [-0.1, -0.05) is 0 Å². The van der Waals surface area contributed by atoms with E-state index in [1.165, 1.54) is 17.0 Å². The van der Waals surface area contributed by atoms with E-state index in [1.54, 1.807) is 13.0 Å². The van der Waals surface area contributed by atoms with E-state index < -0.39 is 35.2 Å². The van der Waals surface area contributed by atoms with Crippen LogP contribution in [0.4, 0.5) is 23.2 Å². The second kappa shape index (κ2) is 10.1. The molecule has 0 radical (unpaired) electrons. The molecule has 0 aromatic heterocycles. The van der Waals surface area contributed by atoms with Crippen molar-refractivity contribution < 1.29 is 41.7 Å². The number of anilines is 1. The zero-order valence-corrected chi connectivity index (χ0v) is 22.2. The minimum atomic E-state index is -4.72. The van der Waals surface area contributed by atoms with Gasteiger partial charge in [-0.2, -0.15) is 13.2 Å². The molecule has 0 bridgehead atoms. The molecule has 0 fully saturated rings. The van der Waals surface area contributed by atoms with Gasteiger partial charge < -0.3 is 19.5 Å². The maximum Gasteiger partial charge on any atom is 0.419 e. The molecule has 40 heavy (non-hydrogen) atoms. The van der Waals surface area contributed by atoms with Crippen LogP contribution in [0.3, 0.4) is 0 Å². The van der Waals surface area contributed by atoms with Gasteiger partial charge in [0.1, 0.15) is 5.75 Å². The molecule has 1 amide bonds. The monoisotopic (exact) mass is 557 g/mol. The first-order chi connectivity index (χ1) is 18.9. The van der Waals surface area contributed by atoms with Gasteiger partial charge in [-0.25, -0.2) is 4.39 Å². The zero-order valence-electron chi connectivity index (χ0n) is 22.2. The van der Waals surface area contributed by atoms with Crippen LogP contribution in [0.2, 0.25) is 0 Å². The predicted molar refractivity (Wildman–Crippen MR) is 140 cm³/mol. The van der Waals surface area contributed by atoms with E-state index in [0.29, 0.717) is 59.4 Å². The molecule has 10 heteroatoms. The Balaban J connectivity index is 1.67. The van der Waals surface area contributed by atoms with Crippen molar-refractivity contribution in [2.24, 2.45) is 0 Å². The maximum atomic E-state index is 15.3. The molecule has 0 unspecified atom stereocenters. The minimum Gasteiger partial charge on any atom is -0.496 e. The lowest BCUT2D eigenvalue weighted by Gasteiger charge is -2.25. The first-order valence-corrected chi connectivity index (χ1v) is 12.8. The van der Waals surface area contributed by atoms with Crippen LogP contribution in [0.25, 0.3) is 11.1 Å². The number of carbonyl (C=O) groups excluding carboxylic acids is 1. The Bertz CT molecular complexity index is 1550. The fourth-order valence-corrected chi connectivity index (χ4v) is 5.78.